The molecular weight excluding hydrogens is 234 g/mol. The molecule has 0 aliphatic rings. The summed E-state index contributed by atoms with van der Waals surface area (Å²) < 4.78 is 5.58. The van der Waals surface area contributed by atoms with Crippen LogP contribution in [0.5, 0.6) is 5.75 Å². The first-order valence-electron chi connectivity index (χ1n) is 7.63. The third-order valence-electron chi connectivity index (χ3n) is 3.83. The van der Waals surface area contributed by atoms with E-state index in [9.17, 15) is 0 Å². The van der Waals surface area contributed by atoms with E-state index < -0.39 is 0 Å². The average Bonchev–Trinajstić information content (AvgIpc) is 2.44. The molecule has 1 aromatic rings. The maximum absolute atomic E-state index is 6.01. The second-order valence-corrected chi connectivity index (χ2v) is 5.29. The Hall–Kier alpha value is -1.02. The van der Waals surface area contributed by atoms with Gasteiger partial charge in [0.2, 0.25) is 0 Å². The molecule has 0 aliphatic heterocycles. The summed E-state index contributed by atoms with van der Waals surface area (Å²) in [6.07, 6.45) is 4.39. The van der Waals surface area contributed by atoms with Gasteiger partial charge in [0.25, 0.3) is 0 Å². The van der Waals surface area contributed by atoms with E-state index in [1.807, 2.05) is 6.92 Å². The molecule has 2 unspecified atom stereocenters. The fraction of sp³-hybridized carbons (Fsp3) is 0.647. The first-order chi connectivity index (χ1) is 9.12. The van der Waals surface area contributed by atoms with Crippen molar-refractivity contribution < 1.29 is 4.74 Å². The van der Waals surface area contributed by atoms with Crippen molar-refractivity contribution in [2.75, 3.05) is 6.61 Å². The lowest BCUT2D eigenvalue weighted by atomic mass is 9.89. The van der Waals surface area contributed by atoms with Crippen molar-refractivity contribution in [2.24, 2.45) is 5.73 Å². The van der Waals surface area contributed by atoms with Crippen LogP contribution in [0.2, 0.25) is 0 Å². The largest absolute Gasteiger partial charge is 0.494 e. The van der Waals surface area contributed by atoms with Gasteiger partial charge in [0.15, 0.2) is 0 Å². The number of rotatable bonds is 8. The summed E-state index contributed by atoms with van der Waals surface area (Å²) in [5, 5.41) is 0. The molecule has 0 heterocycles. The van der Waals surface area contributed by atoms with Crippen molar-refractivity contribution in [3.63, 3.8) is 0 Å². The third-order valence-corrected chi connectivity index (χ3v) is 3.83. The Morgan fingerprint density at radius 2 is 1.89 bits per heavy atom. The van der Waals surface area contributed by atoms with Crippen LogP contribution in [0.15, 0.2) is 18.2 Å². The van der Waals surface area contributed by atoms with Crippen molar-refractivity contribution in [1.82, 2.24) is 0 Å². The van der Waals surface area contributed by atoms with Crippen molar-refractivity contribution in [3.8, 4) is 5.75 Å². The minimum Gasteiger partial charge on any atom is -0.494 e. The van der Waals surface area contributed by atoms with Crippen LogP contribution < -0.4 is 10.5 Å². The van der Waals surface area contributed by atoms with Crippen LogP contribution >= 0.6 is 0 Å². The Labute approximate surface area is 118 Å². The maximum atomic E-state index is 6.01. The van der Waals surface area contributed by atoms with Crippen molar-refractivity contribution in [2.45, 2.75) is 65.3 Å². The highest BCUT2D eigenvalue weighted by Crippen LogP contribution is 2.28. The van der Waals surface area contributed by atoms with Gasteiger partial charge >= 0.3 is 0 Å². The van der Waals surface area contributed by atoms with Gasteiger partial charge in [-0.25, -0.2) is 0 Å². The summed E-state index contributed by atoms with van der Waals surface area (Å²) >= 11 is 0. The summed E-state index contributed by atoms with van der Waals surface area (Å²) in [4.78, 5) is 0. The van der Waals surface area contributed by atoms with Crippen LogP contribution in [0.1, 0.15) is 64.0 Å². The highest BCUT2D eigenvalue weighted by atomic mass is 16.5. The molecule has 2 atom stereocenters. The lowest BCUT2D eigenvalue weighted by molar-refractivity contribution is 0.339. The molecule has 0 saturated heterocycles. The van der Waals surface area contributed by atoms with E-state index in [1.54, 1.807) is 0 Å². The second kappa shape index (κ2) is 8.21. The Morgan fingerprint density at radius 3 is 2.47 bits per heavy atom. The van der Waals surface area contributed by atoms with E-state index in [-0.39, 0.29) is 0 Å². The van der Waals surface area contributed by atoms with Crippen molar-refractivity contribution in [1.29, 1.82) is 0 Å². The van der Waals surface area contributed by atoms with Crippen molar-refractivity contribution >= 4 is 0 Å². The molecule has 1 rings (SSSR count). The van der Waals surface area contributed by atoms with Crippen LogP contribution in [-0.2, 0) is 6.42 Å². The van der Waals surface area contributed by atoms with Gasteiger partial charge in [0.05, 0.1) is 6.61 Å². The number of aryl methyl sites for hydroxylation is 1. The van der Waals surface area contributed by atoms with Crippen LogP contribution in [0.4, 0.5) is 0 Å². The standard InChI is InChI=1S/C17H29NO/c1-5-14-12-16(19-7-3)10-11-17(14)13(4)8-9-15(18)6-2/h10-13,15H,5-9,18H2,1-4H3. The summed E-state index contributed by atoms with van der Waals surface area (Å²) in [5.74, 6) is 1.56. The number of ether oxygens (including phenoxy) is 1. The SMILES string of the molecule is CCOc1ccc(C(C)CCC(N)CC)c(CC)c1. The third kappa shape index (κ3) is 4.87. The average molecular weight is 263 g/mol. The molecule has 0 aliphatic carbocycles. The lowest BCUT2D eigenvalue weighted by Gasteiger charge is -2.18. The molecule has 0 saturated carbocycles. The van der Waals surface area contributed by atoms with E-state index in [4.69, 9.17) is 10.5 Å². The molecule has 0 bridgehead atoms. The van der Waals surface area contributed by atoms with Crippen LogP contribution in [-0.4, -0.2) is 12.6 Å². The molecule has 108 valence electrons. The van der Waals surface area contributed by atoms with Gasteiger partial charge in [0, 0.05) is 6.04 Å². The highest BCUT2D eigenvalue weighted by molar-refractivity contribution is 5.37. The van der Waals surface area contributed by atoms with Gasteiger partial charge in [-0.05, 0) is 61.8 Å². The Bertz CT molecular complexity index is 376. The molecule has 0 radical (unpaired) electrons. The topological polar surface area (TPSA) is 35.2 Å². The molecule has 2 heteroatoms. The van der Waals surface area contributed by atoms with Crippen molar-refractivity contribution in [3.05, 3.63) is 29.3 Å². The van der Waals surface area contributed by atoms with Gasteiger partial charge in [-0.1, -0.05) is 26.8 Å². The summed E-state index contributed by atoms with van der Waals surface area (Å²) in [6, 6.07) is 6.85. The van der Waals surface area contributed by atoms with Gasteiger partial charge in [-0.3, -0.25) is 0 Å². The highest BCUT2D eigenvalue weighted by Gasteiger charge is 2.12. The van der Waals surface area contributed by atoms with Crippen LogP contribution in [0.3, 0.4) is 0 Å². The number of nitrogens with two attached hydrogens (primary N) is 1. The molecule has 2 N–H and O–H groups in total. The number of benzene rings is 1. The fourth-order valence-corrected chi connectivity index (χ4v) is 2.45. The van der Waals surface area contributed by atoms with E-state index in [2.05, 4.69) is 39.0 Å². The maximum Gasteiger partial charge on any atom is 0.119 e. The molecule has 0 aromatic heterocycles. The van der Waals surface area contributed by atoms with Crippen LogP contribution in [0, 0.1) is 0 Å². The monoisotopic (exact) mass is 263 g/mol. The Balaban J connectivity index is 2.75. The second-order valence-electron chi connectivity index (χ2n) is 5.29. The van der Waals surface area contributed by atoms with Gasteiger partial charge in [-0.2, -0.15) is 0 Å². The zero-order valence-corrected chi connectivity index (χ0v) is 12.9. The fourth-order valence-electron chi connectivity index (χ4n) is 2.45. The van der Waals surface area contributed by atoms with E-state index in [0.29, 0.717) is 12.0 Å². The summed E-state index contributed by atoms with van der Waals surface area (Å²) in [5.41, 5.74) is 8.87. The van der Waals surface area contributed by atoms with E-state index in [1.165, 1.54) is 11.1 Å². The predicted octanol–water partition coefficient (Wildman–Crippen LogP) is 4.27. The first kappa shape index (κ1) is 16.0. The predicted molar refractivity (Wildman–Crippen MR) is 82.9 cm³/mol. The van der Waals surface area contributed by atoms with Crippen LogP contribution in [0.25, 0.3) is 0 Å². The molecule has 0 fully saturated rings. The van der Waals surface area contributed by atoms with E-state index in [0.717, 1.165) is 38.0 Å². The van der Waals surface area contributed by atoms with Gasteiger partial charge in [-0.15, -0.1) is 0 Å². The molecule has 1 aromatic carbocycles. The quantitative estimate of drug-likeness (QED) is 0.760. The Morgan fingerprint density at radius 1 is 1.16 bits per heavy atom. The smallest absolute Gasteiger partial charge is 0.119 e. The molecule has 0 spiro atoms. The van der Waals surface area contributed by atoms with E-state index >= 15 is 0 Å². The van der Waals surface area contributed by atoms with Gasteiger partial charge < -0.3 is 10.5 Å². The summed E-state index contributed by atoms with van der Waals surface area (Å²) in [6.45, 7) is 9.41. The normalized spacial score (nSPS) is 14.2. The molecule has 19 heavy (non-hydrogen) atoms. The molecular formula is C17H29NO. The molecule has 2 nitrogen and oxygen atoms in total. The minimum atomic E-state index is 0.343. The minimum absolute atomic E-state index is 0.343. The number of hydrogen-bond donors (Lipinski definition) is 1. The first-order valence-corrected chi connectivity index (χ1v) is 7.63. The lowest BCUT2D eigenvalue weighted by Crippen LogP contribution is -2.19. The zero-order valence-electron chi connectivity index (χ0n) is 12.9. The molecule has 0 amide bonds. The number of hydrogen-bond acceptors (Lipinski definition) is 2. The van der Waals surface area contributed by atoms with Gasteiger partial charge in [0.1, 0.15) is 5.75 Å². The Kier molecular flexibility index (Phi) is 6.93. The zero-order chi connectivity index (χ0) is 14.3. The summed E-state index contributed by atoms with van der Waals surface area (Å²) in [7, 11) is 0.